The maximum atomic E-state index is 13.2. The first-order chi connectivity index (χ1) is 17.6. The topological polar surface area (TPSA) is 81.2 Å². The maximum Gasteiger partial charge on any atom is 0.251 e. The fraction of sp³-hybridized carbons (Fsp3) is 0.172. The van der Waals surface area contributed by atoms with Crippen LogP contribution < -0.4 is 14.8 Å². The normalized spacial score (nSPS) is 11.9. The van der Waals surface area contributed by atoms with Crippen molar-refractivity contribution in [1.29, 1.82) is 0 Å². The molecule has 5 rings (SSSR count). The van der Waals surface area contributed by atoms with Crippen LogP contribution >= 0.6 is 0 Å². The minimum atomic E-state index is -0.166. The Morgan fingerprint density at radius 1 is 0.972 bits per heavy atom. The number of hydrogen-bond acceptors (Lipinski definition) is 4. The molecule has 1 amide bonds. The highest BCUT2D eigenvalue weighted by Crippen LogP contribution is 2.40. The lowest BCUT2D eigenvalue weighted by Gasteiger charge is -2.22. The summed E-state index contributed by atoms with van der Waals surface area (Å²) in [6, 6.07) is 23.3. The maximum absolute atomic E-state index is 13.2. The average Bonchev–Trinajstić information content (AvgIpc) is 3.55. The number of fused-ring (bicyclic) bond motifs is 1. The number of nitrogens with one attached hydrogen (secondary N) is 2. The van der Waals surface area contributed by atoms with Crippen molar-refractivity contribution < 1.29 is 14.3 Å². The molecule has 36 heavy (non-hydrogen) atoms. The number of nitrogens with zero attached hydrogens (tertiary/aromatic N) is 2. The first-order valence-corrected chi connectivity index (χ1v) is 11.8. The molecule has 0 bridgehead atoms. The Hall–Kier alpha value is -4.52. The number of rotatable bonds is 8. The van der Waals surface area contributed by atoms with Gasteiger partial charge in [-0.2, -0.15) is 5.10 Å². The molecule has 0 spiro atoms. The SMILES string of the molecule is COc1cccc(C(CNC(=O)c2ccc(-n3nccc3C)cc2)c2c[nH]c3ccccc23)c1OC. The number of aromatic nitrogens is 3. The summed E-state index contributed by atoms with van der Waals surface area (Å²) >= 11 is 0. The summed E-state index contributed by atoms with van der Waals surface area (Å²) < 4.78 is 13.1. The predicted molar refractivity (Wildman–Crippen MR) is 140 cm³/mol. The van der Waals surface area contributed by atoms with E-state index in [1.54, 1.807) is 20.4 Å². The van der Waals surface area contributed by atoms with E-state index in [4.69, 9.17) is 9.47 Å². The van der Waals surface area contributed by atoms with Crippen LogP contribution in [0.5, 0.6) is 11.5 Å². The van der Waals surface area contributed by atoms with Crippen molar-refractivity contribution in [3.8, 4) is 17.2 Å². The Kier molecular flexibility index (Phi) is 6.45. The molecule has 2 aromatic heterocycles. The highest BCUT2D eigenvalue weighted by molar-refractivity contribution is 5.94. The van der Waals surface area contributed by atoms with Gasteiger partial charge in [0.1, 0.15) is 0 Å². The van der Waals surface area contributed by atoms with E-state index in [0.717, 1.165) is 33.4 Å². The first kappa shape index (κ1) is 23.2. The molecular weight excluding hydrogens is 452 g/mol. The van der Waals surface area contributed by atoms with Gasteiger partial charge in [-0.05, 0) is 55.0 Å². The fourth-order valence-corrected chi connectivity index (χ4v) is 4.65. The quantitative estimate of drug-likeness (QED) is 0.318. The largest absolute Gasteiger partial charge is 0.493 e. The molecule has 0 saturated carbocycles. The lowest BCUT2D eigenvalue weighted by atomic mass is 9.89. The van der Waals surface area contributed by atoms with Crippen LogP contribution in [0.2, 0.25) is 0 Å². The molecular formula is C29H28N4O3. The van der Waals surface area contributed by atoms with Crippen molar-refractivity contribution in [2.24, 2.45) is 0 Å². The number of methoxy groups -OCH3 is 2. The third-order valence-corrected chi connectivity index (χ3v) is 6.48. The molecule has 0 aliphatic rings. The van der Waals surface area contributed by atoms with Crippen LogP contribution in [0.1, 0.15) is 33.1 Å². The zero-order valence-electron chi connectivity index (χ0n) is 20.5. The number of carbonyl (C=O) groups excluding carboxylic acids is 1. The molecule has 0 fully saturated rings. The number of H-pyrrole nitrogens is 1. The average molecular weight is 481 g/mol. The highest BCUT2D eigenvalue weighted by atomic mass is 16.5. The number of ether oxygens (including phenoxy) is 2. The predicted octanol–water partition coefficient (Wildman–Crippen LogP) is 5.24. The van der Waals surface area contributed by atoms with Crippen molar-refractivity contribution in [3.63, 3.8) is 0 Å². The van der Waals surface area contributed by atoms with Gasteiger partial charge in [-0.15, -0.1) is 0 Å². The Bertz CT molecular complexity index is 1500. The minimum absolute atomic E-state index is 0.148. The Labute approximate surface area is 209 Å². The lowest BCUT2D eigenvalue weighted by molar-refractivity contribution is 0.0952. The minimum Gasteiger partial charge on any atom is -0.493 e. The van der Waals surface area contributed by atoms with Crippen molar-refractivity contribution in [3.05, 3.63) is 108 Å². The van der Waals surface area contributed by atoms with Crippen molar-refractivity contribution >= 4 is 16.8 Å². The van der Waals surface area contributed by atoms with Crippen molar-refractivity contribution in [1.82, 2.24) is 20.1 Å². The Balaban J connectivity index is 1.45. The zero-order valence-corrected chi connectivity index (χ0v) is 20.5. The number of amides is 1. The number of aryl methyl sites for hydroxylation is 1. The summed E-state index contributed by atoms with van der Waals surface area (Å²) in [5.41, 5.74) is 5.57. The summed E-state index contributed by atoms with van der Waals surface area (Å²) in [5, 5.41) is 8.56. The molecule has 0 aliphatic carbocycles. The first-order valence-electron chi connectivity index (χ1n) is 11.8. The van der Waals surface area contributed by atoms with Gasteiger partial charge < -0.3 is 19.8 Å². The van der Waals surface area contributed by atoms with Gasteiger partial charge in [0, 0.05) is 52.6 Å². The van der Waals surface area contributed by atoms with Gasteiger partial charge in [0.15, 0.2) is 11.5 Å². The van der Waals surface area contributed by atoms with E-state index in [-0.39, 0.29) is 11.8 Å². The van der Waals surface area contributed by atoms with Crippen LogP contribution in [-0.2, 0) is 0 Å². The second kappa shape index (κ2) is 10.00. The summed E-state index contributed by atoms with van der Waals surface area (Å²) in [5.74, 6) is 0.991. The summed E-state index contributed by atoms with van der Waals surface area (Å²) in [6.45, 7) is 2.37. The molecule has 3 aromatic carbocycles. The standard InChI is InChI=1S/C29H28N4O3/c1-19-15-16-32-33(19)21-13-11-20(12-14-21)29(34)31-18-25(23-8-6-10-27(35-2)28(23)36-3)24-17-30-26-9-5-4-7-22(24)26/h4-17,25,30H,18H2,1-3H3,(H,31,34). The third kappa shape index (κ3) is 4.31. The van der Waals surface area contributed by atoms with Crippen molar-refractivity contribution in [2.45, 2.75) is 12.8 Å². The Morgan fingerprint density at radius 2 is 1.78 bits per heavy atom. The molecule has 0 saturated heterocycles. The van der Waals surface area contributed by atoms with E-state index in [2.05, 4.69) is 21.5 Å². The number of carbonyl (C=O) groups is 1. The monoisotopic (exact) mass is 480 g/mol. The van der Waals surface area contributed by atoms with Gasteiger partial charge in [-0.3, -0.25) is 4.79 Å². The second-order valence-electron chi connectivity index (χ2n) is 8.57. The van der Waals surface area contributed by atoms with E-state index < -0.39 is 0 Å². The van der Waals surface area contributed by atoms with Crippen LogP contribution in [0.3, 0.4) is 0 Å². The van der Waals surface area contributed by atoms with Gasteiger partial charge in [-0.25, -0.2) is 4.68 Å². The van der Waals surface area contributed by atoms with Gasteiger partial charge >= 0.3 is 0 Å². The molecule has 0 radical (unpaired) electrons. The summed E-state index contributed by atoms with van der Waals surface area (Å²) in [6.07, 6.45) is 3.76. The summed E-state index contributed by atoms with van der Waals surface area (Å²) in [7, 11) is 3.26. The van der Waals surface area contributed by atoms with Gasteiger partial charge in [0.05, 0.1) is 19.9 Å². The van der Waals surface area contributed by atoms with E-state index in [1.165, 1.54) is 0 Å². The van der Waals surface area contributed by atoms with E-state index in [9.17, 15) is 4.79 Å². The molecule has 1 unspecified atom stereocenters. The molecule has 7 heteroatoms. The molecule has 2 N–H and O–H groups in total. The summed E-state index contributed by atoms with van der Waals surface area (Å²) in [4.78, 5) is 16.5. The molecule has 5 aromatic rings. The smallest absolute Gasteiger partial charge is 0.251 e. The lowest BCUT2D eigenvalue weighted by Crippen LogP contribution is -2.29. The molecule has 7 nitrogen and oxygen atoms in total. The number of hydrogen-bond donors (Lipinski definition) is 2. The molecule has 0 aliphatic heterocycles. The van der Waals surface area contributed by atoms with Gasteiger partial charge in [0.25, 0.3) is 5.91 Å². The van der Waals surface area contributed by atoms with Crippen LogP contribution in [0.15, 0.2) is 85.2 Å². The van der Waals surface area contributed by atoms with Crippen LogP contribution in [0.25, 0.3) is 16.6 Å². The van der Waals surface area contributed by atoms with E-state index in [0.29, 0.717) is 23.6 Å². The van der Waals surface area contributed by atoms with Crippen LogP contribution in [0, 0.1) is 6.92 Å². The van der Waals surface area contributed by atoms with Crippen molar-refractivity contribution in [2.75, 3.05) is 20.8 Å². The fourth-order valence-electron chi connectivity index (χ4n) is 4.65. The molecule has 182 valence electrons. The molecule has 1 atom stereocenters. The highest BCUT2D eigenvalue weighted by Gasteiger charge is 2.24. The number of benzene rings is 3. The van der Waals surface area contributed by atoms with Gasteiger partial charge in [0.2, 0.25) is 0 Å². The van der Waals surface area contributed by atoms with E-state index in [1.807, 2.05) is 84.5 Å². The van der Waals surface area contributed by atoms with Gasteiger partial charge in [-0.1, -0.05) is 30.3 Å². The van der Waals surface area contributed by atoms with Crippen LogP contribution in [-0.4, -0.2) is 41.4 Å². The number of para-hydroxylation sites is 2. The second-order valence-corrected chi connectivity index (χ2v) is 8.57. The Morgan fingerprint density at radius 3 is 2.50 bits per heavy atom. The number of aromatic amines is 1. The molecule has 2 heterocycles. The van der Waals surface area contributed by atoms with E-state index >= 15 is 0 Å². The zero-order chi connectivity index (χ0) is 25.1. The third-order valence-electron chi connectivity index (χ3n) is 6.48. The van der Waals surface area contributed by atoms with Crippen LogP contribution in [0.4, 0.5) is 0 Å².